The number of nitrogens with zero attached hydrogens (tertiary/aromatic N) is 1. The van der Waals surface area contributed by atoms with E-state index in [9.17, 15) is 48.3 Å². The minimum atomic E-state index is -1.13. The summed E-state index contributed by atoms with van der Waals surface area (Å²) in [6, 6.07) is 8.16. The second-order valence-corrected chi connectivity index (χ2v) is 37.2. The van der Waals surface area contributed by atoms with Crippen molar-refractivity contribution in [2.45, 2.75) is 250 Å². The Labute approximate surface area is 753 Å². The van der Waals surface area contributed by atoms with Crippen LogP contribution in [0.2, 0.25) is 0 Å². The number of nitrogens with two attached hydrogens (primary N) is 1. The Hall–Kier alpha value is -7.91. The van der Waals surface area contributed by atoms with Crippen molar-refractivity contribution in [3.05, 3.63) is 70.0 Å². The highest BCUT2D eigenvalue weighted by Crippen LogP contribution is 2.60. The molecule has 127 heavy (non-hydrogen) atoms. The van der Waals surface area contributed by atoms with Crippen molar-refractivity contribution in [1.82, 2.24) is 48.0 Å². The number of unbranched alkanes of at least 4 members (excludes halogenated alkanes) is 1. The van der Waals surface area contributed by atoms with Crippen LogP contribution in [0.3, 0.4) is 0 Å². The molecule has 0 aliphatic heterocycles. The van der Waals surface area contributed by atoms with E-state index in [-0.39, 0.29) is 111 Å². The van der Waals surface area contributed by atoms with Crippen molar-refractivity contribution in [1.29, 1.82) is 0 Å². The van der Waals surface area contributed by atoms with Crippen molar-refractivity contribution in [3.8, 4) is 17.6 Å². The van der Waals surface area contributed by atoms with Gasteiger partial charge in [0.2, 0.25) is 53.2 Å². The van der Waals surface area contributed by atoms with Crippen LogP contribution >= 0.6 is 0 Å². The highest BCUT2D eigenvalue weighted by molar-refractivity contribution is 6.01. The quantitative estimate of drug-likeness (QED) is 0.00797. The summed E-state index contributed by atoms with van der Waals surface area (Å²) in [4.78, 5) is 124. The number of phenols is 1. The molecule has 32 nitrogen and oxygen atoms in total. The second-order valence-electron chi connectivity index (χ2n) is 37.2. The molecule has 3 unspecified atom stereocenters. The fourth-order valence-electron chi connectivity index (χ4n) is 18.9. The van der Waals surface area contributed by atoms with Crippen LogP contribution in [0, 0.1) is 40.4 Å². The molecule has 0 saturated heterocycles. The summed E-state index contributed by atoms with van der Waals surface area (Å²) in [5, 5.41) is 37.3. The van der Waals surface area contributed by atoms with Gasteiger partial charge in [0.1, 0.15) is 49.3 Å². The standard InChI is InChI=1S/C95H152N12O20/c1-67(2)85(89(115)101-68(3)87(113)102-71-32-28-69-30-34-79-92(4,74(69)63-71)38-21-40-94(79,6)90(116)105-91(117)95(7)41-22-39-93(5)75-64-72(108)33-29-70(75)31-35-80(93)95)104-88(114)77(103-82(110)37-48-119-52-56-123-60-62-125-58-54-121-50-45-100-83(111)65-126-73-23-15-12-11-13-16-24-73)26-19-20-42-98-84(112)66-127-78-27-18-14-17-25-76(86(78)106-96)97-44-49-120-53-57-124-61-59-122-55-51-118-47-36-81(109)99-43-46-107(8,9)10/h28-29,32-33,63-64,67-68,73,77-80,85,97,106H,11-15,17-23,25-27,30-31,34-62,65-66,96H2,1-10H3,(H8-,98,99,100,101,102,103,104,105,108,109,110,111,112,113,114,115,116,117)/p+1/b86-76-/t68-,73?,77+,78?,79?,80+,85-,92+,93+,94-,95-/m0/s1. The van der Waals surface area contributed by atoms with Gasteiger partial charge in [-0.1, -0.05) is 91.7 Å². The SMILES string of the molecule is CC(C)[C@H](NC(=O)[C@@H](CCCCNC(=O)COC1CCCCC/C(NCCOCCOCCOCCOCCC(=O)NCC[N+](C)(C)C)=C\1NN)NC(=O)CCOCCOCCOCCOCCNC(=O)COC1C#CCCCCC1)C(=O)N[C@@H](C)C(=O)Nc1ccc2c(c1)[C@@]1(C)CCC[C@](C)(C(=O)NC(=O)[C@@]3(C)CCC[C@]4(C)c5cc(O)ccc5CC[C@@H]34)C1CC2. The van der Waals surface area contributed by atoms with Gasteiger partial charge in [-0.2, -0.15) is 0 Å². The molecule has 2 saturated carbocycles. The first-order valence-corrected chi connectivity index (χ1v) is 46.9. The Kier molecular flexibility index (Phi) is 44.4. The third-order valence-corrected chi connectivity index (χ3v) is 26.1. The van der Waals surface area contributed by atoms with E-state index >= 15 is 0 Å². The smallest absolute Gasteiger partial charge is 0.246 e. The van der Waals surface area contributed by atoms with Gasteiger partial charge in [-0.05, 0) is 191 Å². The maximum absolute atomic E-state index is 15.0. The molecule has 6 aliphatic carbocycles. The summed E-state index contributed by atoms with van der Waals surface area (Å²) < 4.78 is 57.9. The molecule has 13 N–H and O–H groups in total. The number of rotatable bonds is 56. The molecule has 8 rings (SSSR count). The lowest BCUT2D eigenvalue weighted by Gasteiger charge is -2.56. The zero-order valence-electron chi connectivity index (χ0n) is 77.8. The number of carbonyl (C=O) groups excluding carboxylic acids is 9. The van der Waals surface area contributed by atoms with Gasteiger partial charge in [-0.25, -0.2) is 0 Å². The van der Waals surface area contributed by atoms with Gasteiger partial charge in [0.05, 0.1) is 156 Å². The second kappa shape index (κ2) is 54.0. The summed E-state index contributed by atoms with van der Waals surface area (Å²) in [6.45, 7) is 21.0. The third kappa shape index (κ3) is 33.8. The van der Waals surface area contributed by atoms with E-state index < -0.39 is 70.0 Å². The lowest BCUT2D eigenvalue weighted by Crippen LogP contribution is -2.60. The predicted octanol–water partition coefficient (Wildman–Crippen LogP) is 6.93. The predicted molar refractivity (Wildman–Crippen MR) is 482 cm³/mol. The van der Waals surface area contributed by atoms with Gasteiger partial charge >= 0.3 is 0 Å². The van der Waals surface area contributed by atoms with Crippen LogP contribution in [-0.4, -0.2) is 266 Å². The number of phenolic OH excluding ortho intramolecular Hbond substituents is 1. The Balaban J connectivity index is 0.778. The molecule has 0 spiro atoms. The number of benzene rings is 2. The first-order chi connectivity index (χ1) is 61.0. The van der Waals surface area contributed by atoms with Crippen LogP contribution in [0.5, 0.6) is 5.75 Å². The summed E-state index contributed by atoms with van der Waals surface area (Å²) >= 11 is 0. The Morgan fingerprint density at radius 2 is 1.04 bits per heavy atom. The zero-order chi connectivity index (χ0) is 91.7. The van der Waals surface area contributed by atoms with Crippen molar-refractivity contribution >= 4 is 58.9 Å². The van der Waals surface area contributed by atoms with E-state index in [0.29, 0.717) is 162 Å². The molecule has 6 aliphatic rings. The fourth-order valence-corrected chi connectivity index (χ4v) is 18.9. The first-order valence-electron chi connectivity index (χ1n) is 46.9. The number of likely N-dealkylation sites (N-methyl/N-ethyl adjacent to an activating group) is 1. The molecule has 0 radical (unpaired) electrons. The highest BCUT2D eigenvalue weighted by Gasteiger charge is 2.59. The van der Waals surface area contributed by atoms with Crippen molar-refractivity contribution in [2.24, 2.45) is 34.4 Å². The number of allylic oxidation sites excluding steroid dienone is 1. The molecule has 2 aromatic rings. The van der Waals surface area contributed by atoms with Crippen LogP contribution < -0.4 is 59.1 Å². The number of fused-ring (bicyclic) bond motifs is 6. The van der Waals surface area contributed by atoms with Crippen LogP contribution in [0.15, 0.2) is 47.8 Å². The van der Waals surface area contributed by atoms with Gasteiger partial charge in [-0.15, -0.1) is 5.92 Å². The average molecular weight is 1780 g/mol. The Bertz CT molecular complexity index is 3930. The molecular formula is C95H153N12O20+. The lowest BCUT2D eigenvalue weighted by atomic mass is 9.49. The van der Waals surface area contributed by atoms with Crippen LogP contribution in [0.4, 0.5) is 5.69 Å². The summed E-state index contributed by atoms with van der Waals surface area (Å²) in [7, 11) is 6.23. The highest BCUT2D eigenvalue weighted by atomic mass is 16.6. The van der Waals surface area contributed by atoms with Gasteiger partial charge in [-0.3, -0.25) is 54.3 Å². The summed E-state index contributed by atoms with van der Waals surface area (Å²) in [5.41, 5.74) is 6.91. The Morgan fingerprint density at radius 1 is 0.512 bits per heavy atom. The number of anilines is 1. The van der Waals surface area contributed by atoms with Crippen LogP contribution in [0.25, 0.3) is 0 Å². The lowest BCUT2D eigenvalue weighted by molar-refractivity contribution is -0.869. The van der Waals surface area contributed by atoms with E-state index in [2.05, 4.69) is 100 Å². The summed E-state index contributed by atoms with van der Waals surface area (Å²) in [6.07, 6.45) is 17.1. The molecular weight excluding hydrogens is 1630 g/mol. The number of carbonyl (C=O) groups is 9. The van der Waals surface area contributed by atoms with E-state index in [0.717, 1.165) is 136 Å². The maximum atomic E-state index is 15.0. The van der Waals surface area contributed by atoms with Crippen LogP contribution in [0.1, 0.15) is 218 Å². The number of aromatic hydroxyl groups is 1. The molecule has 32 heteroatoms. The number of hydrogen-bond donors (Lipinski definition) is 12. The summed E-state index contributed by atoms with van der Waals surface area (Å²) in [5.74, 6) is 8.70. The molecule has 0 bridgehead atoms. The minimum absolute atomic E-state index is 0.0180. The molecule has 712 valence electrons. The van der Waals surface area contributed by atoms with Crippen molar-refractivity contribution < 1.29 is 100 Å². The van der Waals surface area contributed by atoms with E-state index in [1.54, 1.807) is 26.8 Å². The number of imide groups is 1. The average Bonchev–Trinajstić information content (AvgIpc) is 0.721. The number of quaternary nitrogens is 1. The van der Waals surface area contributed by atoms with Crippen LogP contribution in [-0.2, 0) is 114 Å². The number of amides is 9. The molecule has 0 aromatic heterocycles. The number of nitrogens with one attached hydrogen (secondary N) is 10. The molecule has 9 amide bonds. The van der Waals surface area contributed by atoms with Gasteiger partial charge in [0.25, 0.3) is 0 Å². The largest absolute Gasteiger partial charge is 0.508 e. The minimum Gasteiger partial charge on any atom is -0.508 e. The third-order valence-electron chi connectivity index (χ3n) is 26.1. The first kappa shape index (κ1) is 104. The normalized spacial score (nSPS) is 23.5. The van der Waals surface area contributed by atoms with Gasteiger partial charge in [0, 0.05) is 50.3 Å². The molecule has 0 heterocycles. The number of aryl methyl sites for hydroxylation is 2. The van der Waals surface area contributed by atoms with Crippen molar-refractivity contribution in [2.75, 3.05) is 178 Å². The van der Waals surface area contributed by atoms with Gasteiger partial charge < -0.3 is 105 Å². The monoisotopic (exact) mass is 1780 g/mol. The maximum Gasteiger partial charge on any atom is 0.246 e. The zero-order valence-corrected chi connectivity index (χ0v) is 77.8. The number of hydrogen-bond acceptors (Lipinski definition) is 23. The topological polar surface area (TPSA) is 412 Å². The molecule has 2 aromatic carbocycles. The fraction of sp³-hybridized carbons (Fsp3) is 0.737. The number of hydrazine groups is 1. The molecule has 11 atom stereocenters. The van der Waals surface area contributed by atoms with E-state index in [1.807, 2.05) is 44.2 Å². The van der Waals surface area contributed by atoms with Crippen molar-refractivity contribution in [3.63, 3.8) is 0 Å². The number of ether oxygens (including phenoxy) is 10. The van der Waals surface area contributed by atoms with E-state index in [4.69, 9.17) is 53.2 Å². The Morgan fingerprint density at radius 3 is 1.63 bits per heavy atom. The van der Waals surface area contributed by atoms with E-state index in [1.165, 1.54) is 5.56 Å². The van der Waals surface area contributed by atoms with Gasteiger partial charge in [0.15, 0.2) is 0 Å². The molecule has 2 fully saturated rings.